The largest absolute Gasteiger partial charge is 1.00 e. The van der Waals surface area contributed by atoms with Gasteiger partial charge in [0.05, 0.1) is 0 Å². The Hall–Kier alpha value is -0.339. The molecule has 112 valence electrons. The predicted octanol–water partition coefficient (Wildman–Crippen LogP) is 1.65. The molecule has 0 radical (unpaired) electrons. The van der Waals surface area contributed by atoms with Gasteiger partial charge in [-0.2, -0.15) is 11.6 Å². The molecule has 1 nitrogen and oxygen atoms in total. The molecular formula is C15H14BF4KO. The molecule has 22 heavy (non-hydrogen) atoms. The number of aryl methyl sites for hydroxylation is 1. The third kappa shape index (κ3) is 8.95. The Morgan fingerprint density at radius 2 is 1.73 bits per heavy atom. The first-order chi connectivity index (χ1) is 10.0. The van der Waals surface area contributed by atoms with Crippen molar-refractivity contribution in [3.8, 4) is 5.75 Å². The molecule has 2 aromatic rings. The minimum Gasteiger partial charge on any atom is -0.511 e. The van der Waals surface area contributed by atoms with Gasteiger partial charge >= 0.3 is 58.9 Å². The predicted molar refractivity (Wildman–Crippen MR) is 74.5 cm³/mol. The van der Waals surface area contributed by atoms with E-state index in [9.17, 15) is 17.3 Å². The number of hydrogen-bond donors (Lipinski definition) is 0. The zero-order chi connectivity index (χ0) is 15.7. The van der Waals surface area contributed by atoms with Crippen LogP contribution >= 0.6 is 0 Å². The van der Waals surface area contributed by atoms with E-state index < -0.39 is 7.54 Å². The van der Waals surface area contributed by atoms with E-state index >= 15 is 0 Å². The van der Waals surface area contributed by atoms with E-state index in [1.807, 2.05) is 37.3 Å². The van der Waals surface area contributed by atoms with Crippen LogP contribution in [-0.4, -0.2) is 7.54 Å². The van der Waals surface area contributed by atoms with Crippen molar-refractivity contribution in [2.45, 2.75) is 20.0 Å². The minimum atomic E-state index is -3.67. The fourth-order valence-electron chi connectivity index (χ4n) is 1.55. The molecule has 0 aliphatic rings. The second-order valence-corrected chi connectivity index (χ2v) is 4.05. The number of benzene rings is 2. The maximum Gasteiger partial charge on any atom is 1.00 e. The molecule has 0 fully saturated rings. The summed E-state index contributed by atoms with van der Waals surface area (Å²) in [5.41, 5.74) is 1.98. The van der Waals surface area contributed by atoms with Crippen molar-refractivity contribution in [1.82, 2.24) is 0 Å². The summed E-state index contributed by atoms with van der Waals surface area (Å²) in [5.74, 6) is -0.0671. The molecule has 0 aliphatic heterocycles. The topological polar surface area (TPSA) is 9.23 Å². The van der Waals surface area contributed by atoms with E-state index in [0.29, 0.717) is 12.4 Å². The van der Waals surface area contributed by atoms with E-state index in [1.165, 1.54) is 6.07 Å². The monoisotopic (exact) mass is 336 g/mol. The van der Waals surface area contributed by atoms with Crippen molar-refractivity contribution in [3.63, 3.8) is 0 Å². The van der Waals surface area contributed by atoms with Crippen LogP contribution in [0.2, 0.25) is 0 Å². The Balaban J connectivity index is 0.000000791. The minimum absolute atomic E-state index is 0. The number of ether oxygens (including phenoxy) is 1. The van der Waals surface area contributed by atoms with Gasteiger partial charge in [-0.3, -0.25) is 17.3 Å². The van der Waals surface area contributed by atoms with E-state index in [-0.39, 0.29) is 57.2 Å². The summed E-state index contributed by atoms with van der Waals surface area (Å²) >= 11 is 0. The van der Waals surface area contributed by atoms with E-state index in [1.54, 1.807) is 6.07 Å². The smallest absolute Gasteiger partial charge is 0.511 e. The van der Waals surface area contributed by atoms with E-state index in [0.717, 1.165) is 17.5 Å². The van der Waals surface area contributed by atoms with Gasteiger partial charge in [0.2, 0.25) is 0 Å². The third-order valence-corrected chi connectivity index (χ3v) is 2.54. The van der Waals surface area contributed by atoms with Crippen molar-refractivity contribution in [2.75, 3.05) is 0 Å². The first-order valence-corrected chi connectivity index (χ1v) is 6.32. The van der Waals surface area contributed by atoms with Crippen LogP contribution in [0.4, 0.5) is 17.3 Å². The SMILES string of the molecule is CCc1[c-]cc(F)c(OCc2ccccc2)c1.FB(F)F.[K+]. The zero-order valence-electron chi connectivity index (χ0n) is 12.5. The Morgan fingerprint density at radius 3 is 2.27 bits per heavy atom. The fourth-order valence-corrected chi connectivity index (χ4v) is 1.55. The average Bonchev–Trinajstić information content (AvgIpc) is 2.47. The van der Waals surface area contributed by atoms with Crippen LogP contribution in [-0.2, 0) is 13.0 Å². The second-order valence-electron chi connectivity index (χ2n) is 4.05. The molecule has 0 saturated heterocycles. The Morgan fingerprint density at radius 1 is 1.14 bits per heavy atom. The molecule has 2 rings (SSSR count). The van der Waals surface area contributed by atoms with Crippen molar-refractivity contribution in [3.05, 3.63) is 65.5 Å². The third-order valence-electron chi connectivity index (χ3n) is 2.54. The second kappa shape index (κ2) is 12.1. The van der Waals surface area contributed by atoms with Crippen LogP contribution in [0.15, 0.2) is 42.5 Å². The molecule has 0 atom stereocenters. The number of hydrogen-bond acceptors (Lipinski definition) is 1. The molecule has 0 saturated carbocycles. The van der Waals surface area contributed by atoms with Gasteiger partial charge in [0, 0.05) is 11.6 Å². The molecule has 0 spiro atoms. The summed E-state index contributed by atoms with van der Waals surface area (Å²) in [6.07, 6.45) is 0.821. The standard InChI is InChI=1S/C15H14FO.BF3.K/c1-2-12-8-9-14(16)15(10-12)17-11-13-6-4-3-5-7-13;2-1(3)4;/h3-7,9-10H,2,11H2,1H3;;/q-1;;+1. The fraction of sp³-hybridized carbons (Fsp3) is 0.200. The molecular weight excluding hydrogens is 322 g/mol. The van der Waals surface area contributed by atoms with Crippen LogP contribution < -0.4 is 56.1 Å². The van der Waals surface area contributed by atoms with Gasteiger partial charge in [-0.05, 0) is 5.56 Å². The molecule has 0 unspecified atom stereocenters. The van der Waals surface area contributed by atoms with Gasteiger partial charge in [0.25, 0.3) is 0 Å². The Bertz CT molecular complexity index is 538. The summed E-state index contributed by atoms with van der Waals surface area (Å²) in [4.78, 5) is 0. The molecule has 0 aliphatic carbocycles. The van der Waals surface area contributed by atoms with Crippen molar-refractivity contribution in [1.29, 1.82) is 0 Å². The van der Waals surface area contributed by atoms with Crippen LogP contribution in [0.1, 0.15) is 18.1 Å². The average molecular weight is 336 g/mol. The first kappa shape index (κ1) is 21.7. The summed E-state index contributed by atoms with van der Waals surface area (Å²) in [5, 5.41) is 0. The summed E-state index contributed by atoms with van der Waals surface area (Å²) in [6, 6.07) is 15.6. The summed E-state index contributed by atoms with van der Waals surface area (Å²) in [7, 11) is -3.67. The quantitative estimate of drug-likeness (QED) is 0.469. The van der Waals surface area contributed by atoms with Gasteiger partial charge in [-0.15, -0.1) is 12.1 Å². The van der Waals surface area contributed by atoms with Crippen molar-refractivity contribution >= 4 is 7.54 Å². The maximum absolute atomic E-state index is 13.5. The summed E-state index contributed by atoms with van der Waals surface area (Å²) in [6.45, 7) is 2.38. The molecule has 0 bridgehead atoms. The molecule has 0 heterocycles. The Kier molecular flexibility index (Phi) is 11.9. The zero-order valence-corrected chi connectivity index (χ0v) is 15.6. The van der Waals surface area contributed by atoms with Crippen molar-refractivity contribution < 1.29 is 73.5 Å². The van der Waals surface area contributed by atoms with E-state index in [4.69, 9.17) is 4.74 Å². The van der Waals surface area contributed by atoms with Crippen LogP contribution in [0.25, 0.3) is 0 Å². The Labute approximate surface area is 170 Å². The van der Waals surface area contributed by atoms with Crippen LogP contribution in [0.5, 0.6) is 5.75 Å². The van der Waals surface area contributed by atoms with Crippen LogP contribution in [0.3, 0.4) is 0 Å². The first-order valence-electron chi connectivity index (χ1n) is 6.32. The molecule has 2 aromatic carbocycles. The van der Waals surface area contributed by atoms with Crippen molar-refractivity contribution in [2.24, 2.45) is 0 Å². The van der Waals surface area contributed by atoms with Gasteiger partial charge in [0.1, 0.15) is 6.61 Å². The van der Waals surface area contributed by atoms with Gasteiger partial charge in [-0.25, -0.2) is 0 Å². The number of halogens is 4. The molecule has 0 amide bonds. The normalized spacial score (nSPS) is 9.14. The molecule has 7 heteroatoms. The van der Waals surface area contributed by atoms with Gasteiger partial charge < -0.3 is 4.74 Å². The van der Waals surface area contributed by atoms with Gasteiger partial charge in [0.15, 0.2) is 0 Å². The van der Waals surface area contributed by atoms with E-state index in [2.05, 4.69) is 6.07 Å². The molecule has 0 aromatic heterocycles. The maximum atomic E-state index is 13.5. The summed E-state index contributed by atoms with van der Waals surface area (Å²) < 4.78 is 47.9. The van der Waals surface area contributed by atoms with Crippen LogP contribution in [0, 0.1) is 11.9 Å². The number of rotatable bonds is 4. The van der Waals surface area contributed by atoms with Gasteiger partial charge in [-0.1, -0.05) is 43.7 Å². The molecule has 0 N–H and O–H groups in total.